The Morgan fingerprint density at radius 3 is 2.11 bits per heavy atom. The van der Waals surface area contributed by atoms with Gasteiger partial charge in [0.15, 0.2) is 0 Å². The topological polar surface area (TPSA) is 73.5 Å². The predicted molar refractivity (Wildman–Crippen MR) is 158 cm³/mol. The van der Waals surface area contributed by atoms with Crippen LogP contribution in [0.1, 0.15) is 79.4 Å². The molecule has 0 spiro atoms. The highest BCUT2D eigenvalue weighted by Crippen LogP contribution is 2.33. The van der Waals surface area contributed by atoms with Crippen LogP contribution in [0.15, 0.2) is 66.7 Å². The number of anilines is 3. The Hall–Kier alpha value is -3.80. The second-order valence-corrected chi connectivity index (χ2v) is 10.6. The van der Waals surface area contributed by atoms with Crippen LogP contribution in [0.5, 0.6) is 0 Å². The van der Waals surface area contributed by atoms with Gasteiger partial charge in [-0.15, -0.1) is 0 Å². The van der Waals surface area contributed by atoms with Gasteiger partial charge in [-0.05, 0) is 66.0 Å². The molecule has 1 aliphatic rings. The molecule has 6 heteroatoms. The minimum atomic E-state index is -0.315. The zero-order valence-corrected chi connectivity index (χ0v) is 23.0. The number of carbonyl (C=O) groups excluding carboxylic acids is 2. The molecule has 1 aliphatic heterocycles. The van der Waals surface area contributed by atoms with Crippen molar-refractivity contribution >= 4 is 29.0 Å². The Morgan fingerprint density at radius 2 is 1.47 bits per heavy atom. The second kappa shape index (κ2) is 12.6. The molecule has 0 radical (unpaired) electrons. The molecule has 4 rings (SSSR count). The van der Waals surface area contributed by atoms with Gasteiger partial charge in [-0.25, -0.2) is 4.79 Å². The molecule has 3 amide bonds. The largest absolute Gasteiger partial charge is 0.371 e. The zero-order valence-electron chi connectivity index (χ0n) is 23.0. The van der Waals surface area contributed by atoms with Crippen LogP contribution >= 0.6 is 0 Å². The van der Waals surface area contributed by atoms with Crippen molar-refractivity contribution < 1.29 is 9.59 Å². The van der Waals surface area contributed by atoms with E-state index >= 15 is 0 Å². The van der Waals surface area contributed by atoms with E-state index < -0.39 is 0 Å². The summed E-state index contributed by atoms with van der Waals surface area (Å²) in [5.74, 6) is 0.420. The maximum Gasteiger partial charge on any atom is 0.323 e. The third-order valence-corrected chi connectivity index (χ3v) is 7.10. The number of para-hydroxylation sites is 1. The maximum atomic E-state index is 13.3. The van der Waals surface area contributed by atoms with E-state index in [4.69, 9.17) is 0 Å². The van der Waals surface area contributed by atoms with Crippen molar-refractivity contribution in [3.8, 4) is 0 Å². The Labute approximate surface area is 226 Å². The number of urea groups is 1. The quantitative estimate of drug-likeness (QED) is 0.285. The molecule has 1 saturated heterocycles. The summed E-state index contributed by atoms with van der Waals surface area (Å²) in [6, 6.07) is 21.6. The molecule has 0 bridgehead atoms. The van der Waals surface area contributed by atoms with Gasteiger partial charge in [0.1, 0.15) is 0 Å². The number of benzene rings is 3. The molecule has 1 heterocycles. The lowest BCUT2D eigenvalue weighted by atomic mass is 9.93. The van der Waals surface area contributed by atoms with Gasteiger partial charge in [-0.3, -0.25) is 4.79 Å². The van der Waals surface area contributed by atoms with Crippen molar-refractivity contribution in [1.82, 2.24) is 5.32 Å². The fourth-order valence-corrected chi connectivity index (χ4v) is 5.06. The molecule has 38 heavy (non-hydrogen) atoms. The molecule has 3 aromatic carbocycles. The van der Waals surface area contributed by atoms with Gasteiger partial charge in [-0.2, -0.15) is 0 Å². The average Bonchev–Trinajstić information content (AvgIpc) is 3.44. The van der Waals surface area contributed by atoms with Crippen LogP contribution in [0.3, 0.4) is 0 Å². The molecular formula is C32H40N4O2. The van der Waals surface area contributed by atoms with Crippen molar-refractivity contribution in [3.63, 3.8) is 0 Å². The fourth-order valence-electron chi connectivity index (χ4n) is 5.06. The summed E-state index contributed by atoms with van der Waals surface area (Å²) in [7, 11) is 0. The van der Waals surface area contributed by atoms with Crippen LogP contribution in [0.2, 0.25) is 0 Å². The highest BCUT2D eigenvalue weighted by molar-refractivity contribution is 6.04. The molecule has 3 N–H and O–H groups in total. The van der Waals surface area contributed by atoms with Crippen LogP contribution in [-0.2, 0) is 6.42 Å². The number of nitrogens with zero attached hydrogens (tertiary/aromatic N) is 1. The van der Waals surface area contributed by atoms with E-state index in [1.807, 2.05) is 36.4 Å². The Bertz CT molecular complexity index is 1220. The molecule has 6 nitrogen and oxygen atoms in total. The van der Waals surface area contributed by atoms with Crippen molar-refractivity contribution in [2.24, 2.45) is 0 Å². The SMILES string of the molecule is CC(C)c1cccc(C(C)C)c1NC(=O)Nc1ccc(N2CCCC2)c(C(=O)NCCc2ccccc2)c1. The summed E-state index contributed by atoms with van der Waals surface area (Å²) in [6.07, 6.45) is 3.00. The van der Waals surface area contributed by atoms with E-state index in [-0.39, 0.29) is 23.8 Å². The molecule has 3 aromatic rings. The maximum absolute atomic E-state index is 13.3. The number of rotatable bonds is 9. The molecule has 0 atom stereocenters. The van der Waals surface area contributed by atoms with Crippen molar-refractivity contribution in [3.05, 3.63) is 89.0 Å². The van der Waals surface area contributed by atoms with E-state index in [9.17, 15) is 9.59 Å². The molecular weight excluding hydrogens is 472 g/mol. The van der Waals surface area contributed by atoms with Gasteiger partial charge in [0.25, 0.3) is 5.91 Å². The number of hydrogen-bond donors (Lipinski definition) is 3. The molecule has 0 aromatic heterocycles. The first-order valence-corrected chi connectivity index (χ1v) is 13.8. The fraction of sp³-hybridized carbons (Fsp3) is 0.375. The van der Waals surface area contributed by atoms with Crippen molar-refractivity contribution in [1.29, 1.82) is 0 Å². The van der Waals surface area contributed by atoms with Crippen LogP contribution in [-0.4, -0.2) is 31.6 Å². The first-order valence-electron chi connectivity index (χ1n) is 13.8. The van der Waals surface area contributed by atoms with Gasteiger partial charge < -0.3 is 20.9 Å². The number of nitrogens with one attached hydrogen (secondary N) is 3. The van der Waals surface area contributed by atoms with Crippen LogP contribution in [0, 0.1) is 0 Å². The first-order chi connectivity index (χ1) is 18.3. The highest BCUT2D eigenvalue weighted by Gasteiger charge is 2.21. The van der Waals surface area contributed by atoms with Gasteiger partial charge in [-0.1, -0.05) is 76.2 Å². The summed E-state index contributed by atoms with van der Waals surface area (Å²) in [4.78, 5) is 28.7. The van der Waals surface area contributed by atoms with E-state index in [1.54, 1.807) is 6.07 Å². The summed E-state index contributed by atoms with van der Waals surface area (Å²) >= 11 is 0. The molecule has 0 saturated carbocycles. The monoisotopic (exact) mass is 512 g/mol. The smallest absolute Gasteiger partial charge is 0.323 e. The molecule has 0 aliphatic carbocycles. The van der Waals surface area contributed by atoms with Crippen molar-refractivity contribution in [2.45, 2.75) is 58.8 Å². The molecule has 200 valence electrons. The Balaban J connectivity index is 1.52. The van der Waals surface area contributed by atoms with E-state index in [0.29, 0.717) is 17.8 Å². The van der Waals surface area contributed by atoms with Crippen molar-refractivity contribution in [2.75, 3.05) is 35.2 Å². The summed E-state index contributed by atoms with van der Waals surface area (Å²) < 4.78 is 0. The van der Waals surface area contributed by atoms with Crippen LogP contribution in [0.25, 0.3) is 0 Å². The summed E-state index contributed by atoms with van der Waals surface area (Å²) in [6.45, 7) is 10.9. The summed E-state index contributed by atoms with van der Waals surface area (Å²) in [5.41, 5.74) is 6.35. The third kappa shape index (κ3) is 6.74. The zero-order chi connectivity index (χ0) is 27.1. The van der Waals surface area contributed by atoms with Gasteiger partial charge in [0, 0.05) is 36.7 Å². The van der Waals surface area contributed by atoms with E-state index in [2.05, 4.69) is 72.8 Å². The minimum Gasteiger partial charge on any atom is -0.371 e. The molecule has 0 unspecified atom stereocenters. The Kier molecular flexibility index (Phi) is 9.06. The number of hydrogen-bond acceptors (Lipinski definition) is 3. The lowest BCUT2D eigenvalue weighted by molar-refractivity contribution is 0.0954. The van der Waals surface area contributed by atoms with Gasteiger partial charge in [0.05, 0.1) is 5.56 Å². The van der Waals surface area contributed by atoms with Gasteiger partial charge >= 0.3 is 6.03 Å². The van der Waals surface area contributed by atoms with Crippen LogP contribution in [0.4, 0.5) is 21.9 Å². The van der Waals surface area contributed by atoms with E-state index in [0.717, 1.165) is 54.9 Å². The third-order valence-electron chi connectivity index (χ3n) is 7.10. The normalized spacial score (nSPS) is 13.2. The lowest BCUT2D eigenvalue weighted by Crippen LogP contribution is -2.29. The standard InChI is InChI=1S/C32H40N4O2/c1-22(2)26-13-10-14-27(23(3)4)30(26)35-32(38)34-25-15-16-29(36-19-8-9-20-36)28(21-25)31(37)33-18-17-24-11-6-5-7-12-24/h5-7,10-16,21-23H,8-9,17-20H2,1-4H3,(H,33,37)(H2,34,35,38). The Morgan fingerprint density at radius 1 is 0.816 bits per heavy atom. The number of carbonyl (C=O) groups is 2. The average molecular weight is 513 g/mol. The second-order valence-electron chi connectivity index (χ2n) is 10.6. The van der Waals surface area contributed by atoms with Gasteiger partial charge in [0.2, 0.25) is 0 Å². The first kappa shape index (κ1) is 27.2. The highest BCUT2D eigenvalue weighted by atomic mass is 16.2. The minimum absolute atomic E-state index is 0.126. The molecule has 1 fully saturated rings. The van der Waals surface area contributed by atoms with E-state index in [1.165, 1.54) is 5.56 Å². The summed E-state index contributed by atoms with van der Waals surface area (Å²) in [5, 5.41) is 9.15. The lowest BCUT2D eigenvalue weighted by Gasteiger charge is -2.23. The predicted octanol–water partition coefficient (Wildman–Crippen LogP) is 7.15. The van der Waals surface area contributed by atoms with Crippen LogP contribution < -0.4 is 20.9 Å². The number of amides is 3.